The zero-order chi connectivity index (χ0) is 21.5. The molecule has 1 saturated heterocycles. The fraction of sp³-hybridized carbons (Fsp3) is 0.429. The van der Waals surface area contributed by atoms with Crippen LogP contribution in [0.3, 0.4) is 0 Å². The van der Waals surface area contributed by atoms with Crippen LogP contribution >= 0.6 is 27.3 Å². The van der Waals surface area contributed by atoms with Crippen LogP contribution in [0.1, 0.15) is 19.4 Å². The quantitative estimate of drug-likeness (QED) is 0.659. The molecule has 0 atom stereocenters. The number of thiophene rings is 1. The molecule has 1 fully saturated rings. The molecule has 0 saturated carbocycles. The molecule has 0 bridgehead atoms. The Bertz CT molecular complexity index is 996. The third-order valence-corrected chi connectivity index (χ3v) is 6.87. The van der Waals surface area contributed by atoms with E-state index in [0.29, 0.717) is 6.54 Å². The average Bonchev–Trinajstić information content (AvgIpc) is 3.03. The molecule has 0 unspecified atom stereocenters. The van der Waals surface area contributed by atoms with Crippen molar-refractivity contribution in [2.45, 2.75) is 13.8 Å². The van der Waals surface area contributed by atoms with Gasteiger partial charge in [0.2, 0.25) is 0 Å². The molecular formula is C21H25BrN4O3S. The molecule has 2 N–H and O–H groups in total. The second kappa shape index (κ2) is 8.20. The monoisotopic (exact) mass is 492 g/mol. The molecule has 0 amide bonds. The van der Waals surface area contributed by atoms with Gasteiger partial charge in [-0.15, -0.1) is 11.3 Å². The summed E-state index contributed by atoms with van der Waals surface area (Å²) < 4.78 is 6.62. The number of aliphatic carboxylic acids is 1. The molecule has 0 radical (unpaired) electrons. The summed E-state index contributed by atoms with van der Waals surface area (Å²) in [6, 6.07) is 6.03. The molecule has 2 aliphatic rings. The van der Waals surface area contributed by atoms with E-state index in [9.17, 15) is 9.90 Å². The summed E-state index contributed by atoms with van der Waals surface area (Å²) in [5, 5.41) is 16.0. The molecule has 1 aromatic carbocycles. The number of fused-ring (bicyclic) bond motifs is 2. The predicted molar refractivity (Wildman–Crippen MR) is 124 cm³/mol. The van der Waals surface area contributed by atoms with Gasteiger partial charge in [0.25, 0.3) is 0 Å². The standard InChI is InChI=1S/C21H25BrN4O3S/c1-21(2,20(27)28)12-25-6-8-26(9-7-25)18-17-16(29-3)11-30-19(17)24-14-5-4-13(22)10-15(14)23-18/h4-5,10-11,24H,6-9,12H2,1-3H3,(H,27,28). The van der Waals surface area contributed by atoms with E-state index in [-0.39, 0.29) is 0 Å². The van der Waals surface area contributed by atoms with Gasteiger partial charge in [-0.2, -0.15) is 0 Å². The molecule has 7 nitrogen and oxygen atoms in total. The molecule has 1 aromatic heterocycles. The number of benzene rings is 1. The lowest BCUT2D eigenvalue weighted by molar-refractivity contribution is -0.148. The minimum absolute atomic E-state index is 0.535. The van der Waals surface area contributed by atoms with Crippen LogP contribution in [0, 0.1) is 5.41 Å². The Hall–Kier alpha value is -2.10. The van der Waals surface area contributed by atoms with E-state index in [1.807, 2.05) is 23.6 Å². The highest BCUT2D eigenvalue weighted by Gasteiger charge is 2.33. The van der Waals surface area contributed by atoms with E-state index in [0.717, 1.165) is 64.2 Å². The number of aliphatic imine (C=N–C) groups is 1. The molecule has 2 aliphatic heterocycles. The van der Waals surface area contributed by atoms with Crippen LogP contribution in [-0.4, -0.2) is 66.5 Å². The van der Waals surface area contributed by atoms with Crippen LogP contribution in [0.15, 0.2) is 33.0 Å². The van der Waals surface area contributed by atoms with Crippen LogP contribution in [0.2, 0.25) is 0 Å². The second-order valence-corrected chi connectivity index (χ2v) is 9.98. The number of hydrogen-bond acceptors (Lipinski definition) is 7. The summed E-state index contributed by atoms with van der Waals surface area (Å²) in [5.74, 6) is 0.936. The summed E-state index contributed by atoms with van der Waals surface area (Å²) >= 11 is 5.15. The van der Waals surface area contributed by atoms with Crippen LogP contribution in [0.5, 0.6) is 5.75 Å². The molecule has 2 aromatic rings. The number of carboxylic acid groups (broad SMARTS) is 1. The van der Waals surface area contributed by atoms with Crippen LogP contribution in [0.25, 0.3) is 0 Å². The SMILES string of the molecule is COc1csc2c1C(N1CCN(CC(C)(C)C(=O)O)CC1)=Nc1cc(Br)ccc1N2. The Kier molecular flexibility index (Phi) is 5.78. The summed E-state index contributed by atoms with van der Waals surface area (Å²) in [4.78, 5) is 21.0. The third-order valence-electron chi connectivity index (χ3n) is 5.50. The Morgan fingerprint density at radius 2 is 2.07 bits per heavy atom. The molecular weight excluding hydrogens is 468 g/mol. The highest BCUT2D eigenvalue weighted by Crippen LogP contribution is 2.43. The van der Waals surface area contributed by atoms with E-state index in [4.69, 9.17) is 9.73 Å². The van der Waals surface area contributed by atoms with Crippen molar-refractivity contribution in [1.29, 1.82) is 0 Å². The van der Waals surface area contributed by atoms with Crippen molar-refractivity contribution in [3.8, 4) is 5.75 Å². The first-order chi connectivity index (χ1) is 14.3. The zero-order valence-corrected chi connectivity index (χ0v) is 19.6. The van der Waals surface area contributed by atoms with E-state index >= 15 is 0 Å². The van der Waals surface area contributed by atoms with Crippen molar-refractivity contribution in [3.05, 3.63) is 33.6 Å². The zero-order valence-electron chi connectivity index (χ0n) is 17.2. The number of halogens is 1. The first kappa shape index (κ1) is 21.1. The van der Waals surface area contributed by atoms with E-state index in [1.165, 1.54) is 0 Å². The molecule has 30 heavy (non-hydrogen) atoms. The average molecular weight is 493 g/mol. The Labute approximate surface area is 188 Å². The predicted octanol–water partition coefficient (Wildman–Crippen LogP) is 4.38. The maximum absolute atomic E-state index is 11.5. The van der Waals surface area contributed by atoms with E-state index < -0.39 is 11.4 Å². The molecule has 4 rings (SSSR count). The molecule has 0 aliphatic carbocycles. The normalized spacial score (nSPS) is 16.8. The van der Waals surface area contributed by atoms with Crippen LogP contribution in [-0.2, 0) is 4.79 Å². The number of amidine groups is 1. The summed E-state index contributed by atoms with van der Waals surface area (Å²) in [6.07, 6.45) is 0. The number of carboxylic acids is 1. The van der Waals surface area contributed by atoms with Crippen molar-refractivity contribution in [2.24, 2.45) is 10.4 Å². The Balaban J connectivity index is 1.63. The smallest absolute Gasteiger partial charge is 0.310 e. The Morgan fingerprint density at radius 3 is 2.73 bits per heavy atom. The number of piperazine rings is 1. The minimum atomic E-state index is -0.765. The number of carbonyl (C=O) groups is 1. The van der Waals surface area contributed by atoms with Crippen LogP contribution in [0.4, 0.5) is 16.4 Å². The third kappa shape index (κ3) is 4.06. The highest BCUT2D eigenvalue weighted by atomic mass is 79.9. The van der Waals surface area contributed by atoms with Crippen molar-refractivity contribution in [2.75, 3.05) is 45.2 Å². The number of hydrogen-bond donors (Lipinski definition) is 2. The minimum Gasteiger partial charge on any atom is -0.495 e. The number of rotatable bonds is 4. The number of anilines is 2. The first-order valence-electron chi connectivity index (χ1n) is 9.80. The van der Waals surface area contributed by atoms with Gasteiger partial charge in [0, 0.05) is 42.6 Å². The van der Waals surface area contributed by atoms with Gasteiger partial charge in [0.05, 0.1) is 29.5 Å². The van der Waals surface area contributed by atoms with Gasteiger partial charge in [-0.25, -0.2) is 4.99 Å². The first-order valence-corrected chi connectivity index (χ1v) is 11.5. The van der Waals surface area contributed by atoms with E-state index in [1.54, 1.807) is 32.3 Å². The van der Waals surface area contributed by atoms with Gasteiger partial charge in [0.15, 0.2) is 0 Å². The summed E-state index contributed by atoms with van der Waals surface area (Å²) in [6.45, 7) is 7.21. The highest BCUT2D eigenvalue weighted by molar-refractivity contribution is 9.10. The lowest BCUT2D eigenvalue weighted by Gasteiger charge is -2.38. The summed E-state index contributed by atoms with van der Waals surface area (Å²) in [7, 11) is 1.68. The number of ether oxygens (including phenoxy) is 1. The molecule has 3 heterocycles. The molecule has 160 valence electrons. The van der Waals surface area contributed by atoms with Crippen molar-refractivity contribution >= 4 is 55.4 Å². The molecule has 0 spiro atoms. The summed E-state index contributed by atoms with van der Waals surface area (Å²) in [5.41, 5.74) is 2.05. The molecule has 9 heteroatoms. The van der Waals surface area contributed by atoms with Gasteiger partial charge < -0.3 is 20.1 Å². The lowest BCUT2D eigenvalue weighted by Crippen LogP contribution is -2.52. The maximum atomic E-state index is 11.5. The van der Waals surface area contributed by atoms with Gasteiger partial charge in [0.1, 0.15) is 16.6 Å². The number of methoxy groups -OCH3 is 1. The fourth-order valence-electron chi connectivity index (χ4n) is 3.76. The lowest BCUT2D eigenvalue weighted by atomic mass is 9.93. The van der Waals surface area contributed by atoms with Crippen molar-refractivity contribution in [3.63, 3.8) is 0 Å². The largest absolute Gasteiger partial charge is 0.495 e. The van der Waals surface area contributed by atoms with Gasteiger partial charge in [-0.1, -0.05) is 15.9 Å². The maximum Gasteiger partial charge on any atom is 0.310 e. The number of nitrogens with one attached hydrogen (secondary N) is 1. The van der Waals surface area contributed by atoms with Crippen molar-refractivity contribution < 1.29 is 14.6 Å². The number of nitrogens with zero attached hydrogens (tertiary/aromatic N) is 3. The fourth-order valence-corrected chi connectivity index (χ4v) is 5.03. The second-order valence-electron chi connectivity index (χ2n) is 8.18. The van der Waals surface area contributed by atoms with E-state index in [2.05, 4.69) is 31.0 Å². The van der Waals surface area contributed by atoms with Gasteiger partial charge in [-0.05, 0) is 32.0 Å². The Morgan fingerprint density at radius 1 is 1.33 bits per heavy atom. The topological polar surface area (TPSA) is 77.4 Å². The van der Waals surface area contributed by atoms with Gasteiger partial charge >= 0.3 is 5.97 Å². The van der Waals surface area contributed by atoms with Crippen molar-refractivity contribution in [1.82, 2.24) is 9.80 Å². The van der Waals surface area contributed by atoms with Crippen LogP contribution < -0.4 is 10.1 Å². The van der Waals surface area contributed by atoms with Gasteiger partial charge in [-0.3, -0.25) is 9.69 Å².